The first kappa shape index (κ1) is 13.3. The summed E-state index contributed by atoms with van der Waals surface area (Å²) in [4.78, 5) is 11.2. The van der Waals surface area contributed by atoms with Gasteiger partial charge in [0, 0.05) is 19.5 Å². The third-order valence-electron chi connectivity index (χ3n) is 2.14. The van der Waals surface area contributed by atoms with E-state index in [1.54, 1.807) is 18.2 Å². The summed E-state index contributed by atoms with van der Waals surface area (Å²) in [5.74, 6) is 0.00441. The number of nitriles is 1. The number of halogens is 1. The number of anilines is 1. The van der Waals surface area contributed by atoms with E-state index in [2.05, 4.69) is 10.6 Å². The lowest BCUT2D eigenvalue weighted by molar-refractivity contribution is -0.120. The van der Waals surface area contributed by atoms with Gasteiger partial charge in [0.15, 0.2) is 0 Å². The van der Waals surface area contributed by atoms with Crippen molar-refractivity contribution < 1.29 is 4.79 Å². The van der Waals surface area contributed by atoms with Crippen LogP contribution >= 0.6 is 11.6 Å². The molecule has 0 saturated heterocycles. The van der Waals surface area contributed by atoms with Crippen molar-refractivity contribution in [2.75, 3.05) is 18.4 Å². The Morgan fingerprint density at radius 3 is 2.88 bits per heavy atom. The molecular weight excluding hydrogens is 238 g/mol. The van der Waals surface area contributed by atoms with Gasteiger partial charge < -0.3 is 10.6 Å². The number of hydrogen-bond donors (Lipinski definition) is 2. The highest BCUT2D eigenvalue weighted by Crippen LogP contribution is 2.22. The summed E-state index contributed by atoms with van der Waals surface area (Å²) in [7, 11) is 0. The molecule has 2 N–H and O–H groups in total. The van der Waals surface area contributed by atoms with Gasteiger partial charge in [0.2, 0.25) is 5.91 Å². The SMILES string of the molecule is CCNC(=O)CCNc1ccc(C#N)cc1Cl. The fourth-order valence-corrected chi connectivity index (χ4v) is 1.57. The molecule has 0 unspecified atom stereocenters. The molecule has 1 rings (SSSR count). The lowest BCUT2D eigenvalue weighted by Crippen LogP contribution is -2.24. The van der Waals surface area contributed by atoms with Gasteiger partial charge in [-0.1, -0.05) is 11.6 Å². The van der Waals surface area contributed by atoms with Gasteiger partial charge >= 0.3 is 0 Å². The average molecular weight is 252 g/mol. The molecule has 1 aromatic rings. The van der Waals surface area contributed by atoms with Crippen LogP contribution in [0.3, 0.4) is 0 Å². The maximum Gasteiger partial charge on any atom is 0.221 e. The molecular formula is C12H14ClN3O. The fourth-order valence-electron chi connectivity index (χ4n) is 1.32. The minimum Gasteiger partial charge on any atom is -0.383 e. The summed E-state index contributed by atoms with van der Waals surface area (Å²) in [6.45, 7) is 3.02. The molecule has 0 aromatic heterocycles. The molecule has 0 bridgehead atoms. The number of carbonyl (C=O) groups is 1. The number of hydrogen-bond acceptors (Lipinski definition) is 3. The van der Waals surface area contributed by atoms with Crippen LogP contribution in [0.2, 0.25) is 5.02 Å². The molecule has 0 atom stereocenters. The summed E-state index contributed by atoms with van der Waals surface area (Å²) in [6.07, 6.45) is 0.393. The quantitative estimate of drug-likeness (QED) is 0.843. The number of nitrogens with one attached hydrogen (secondary N) is 2. The molecule has 0 radical (unpaired) electrons. The monoisotopic (exact) mass is 251 g/mol. The Balaban J connectivity index is 2.47. The lowest BCUT2D eigenvalue weighted by Gasteiger charge is -2.08. The van der Waals surface area contributed by atoms with Crippen LogP contribution in [0.4, 0.5) is 5.69 Å². The molecule has 17 heavy (non-hydrogen) atoms. The molecule has 1 aromatic carbocycles. The van der Waals surface area contributed by atoms with Crippen molar-refractivity contribution >= 4 is 23.2 Å². The van der Waals surface area contributed by atoms with Crippen molar-refractivity contribution in [3.05, 3.63) is 28.8 Å². The number of benzene rings is 1. The van der Waals surface area contributed by atoms with Gasteiger partial charge in [-0.2, -0.15) is 5.26 Å². The first-order valence-electron chi connectivity index (χ1n) is 5.37. The first-order chi connectivity index (χ1) is 8.17. The highest BCUT2D eigenvalue weighted by Gasteiger charge is 2.03. The summed E-state index contributed by atoms with van der Waals surface area (Å²) in [5.41, 5.74) is 1.25. The summed E-state index contributed by atoms with van der Waals surface area (Å²) in [6, 6.07) is 7.02. The molecule has 0 aliphatic rings. The molecule has 0 fully saturated rings. The van der Waals surface area contributed by atoms with Crippen LogP contribution in [0, 0.1) is 11.3 Å². The van der Waals surface area contributed by atoms with Crippen LogP contribution in [-0.4, -0.2) is 19.0 Å². The average Bonchev–Trinajstić information content (AvgIpc) is 2.31. The molecule has 0 aliphatic carbocycles. The smallest absolute Gasteiger partial charge is 0.221 e. The minimum atomic E-state index is 0.00441. The van der Waals surface area contributed by atoms with Gasteiger partial charge in [-0.05, 0) is 25.1 Å². The molecule has 0 spiro atoms. The summed E-state index contributed by atoms with van der Waals surface area (Å²) >= 11 is 5.97. The Hall–Kier alpha value is -1.73. The zero-order valence-corrected chi connectivity index (χ0v) is 10.3. The number of amides is 1. The highest BCUT2D eigenvalue weighted by molar-refractivity contribution is 6.33. The predicted molar refractivity (Wildman–Crippen MR) is 68.0 cm³/mol. The Bertz CT molecular complexity index is 440. The van der Waals surface area contributed by atoms with E-state index >= 15 is 0 Å². The zero-order chi connectivity index (χ0) is 12.7. The van der Waals surface area contributed by atoms with Gasteiger partial charge in [0.05, 0.1) is 22.3 Å². The number of rotatable bonds is 5. The second-order valence-electron chi connectivity index (χ2n) is 3.44. The van der Waals surface area contributed by atoms with E-state index in [1.807, 2.05) is 13.0 Å². The minimum absolute atomic E-state index is 0.00441. The van der Waals surface area contributed by atoms with E-state index < -0.39 is 0 Å². The van der Waals surface area contributed by atoms with Crippen LogP contribution in [0.5, 0.6) is 0 Å². The van der Waals surface area contributed by atoms with Crippen LogP contribution in [-0.2, 0) is 4.79 Å². The maximum atomic E-state index is 11.2. The Labute approximate surface area is 106 Å². The van der Waals surface area contributed by atoms with E-state index in [-0.39, 0.29) is 5.91 Å². The highest BCUT2D eigenvalue weighted by atomic mass is 35.5. The van der Waals surface area contributed by atoms with Crippen LogP contribution in [0.25, 0.3) is 0 Å². The van der Waals surface area contributed by atoms with Crippen molar-refractivity contribution in [3.8, 4) is 6.07 Å². The molecule has 90 valence electrons. The molecule has 0 heterocycles. The van der Waals surface area contributed by atoms with Gasteiger partial charge in [0.1, 0.15) is 0 Å². The van der Waals surface area contributed by atoms with Crippen molar-refractivity contribution in [2.45, 2.75) is 13.3 Å². The lowest BCUT2D eigenvalue weighted by atomic mass is 10.2. The third-order valence-corrected chi connectivity index (χ3v) is 2.45. The first-order valence-corrected chi connectivity index (χ1v) is 5.75. The largest absolute Gasteiger partial charge is 0.383 e. The van der Waals surface area contributed by atoms with Crippen molar-refractivity contribution in [3.63, 3.8) is 0 Å². The van der Waals surface area contributed by atoms with Crippen molar-refractivity contribution in [1.29, 1.82) is 5.26 Å². The Morgan fingerprint density at radius 2 is 2.29 bits per heavy atom. The molecule has 1 amide bonds. The van der Waals surface area contributed by atoms with Crippen molar-refractivity contribution in [1.82, 2.24) is 5.32 Å². The topological polar surface area (TPSA) is 64.9 Å². The third kappa shape index (κ3) is 4.33. The second kappa shape index (κ2) is 6.77. The molecule has 4 nitrogen and oxygen atoms in total. The van der Waals surface area contributed by atoms with E-state index in [0.29, 0.717) is 30.1 Å². The summed E-state index contributed by atoms with van der Waals surface area (Å²) < 4.78 is 0. The Kier molecular flexibility index (Phi) is 5.31. The van der Waals surface area contributed by atoms with E-state index in [9.17, 15) is 4.79 Å². The predicted octanol–water partition coefficient (Wildman–Crippen LogP) is 2.15. The van der Waals surface area contributed by atoms with E-state index in [0.717, 1.165) is 5.69 Å². The molecule has 5 heteroatoms. The van der Waals surface area contributed by atoms with Gasteiger partial charge in [-0.15, -0.1) is 0 Å². The fraction of sp³-hybridized carbons (Fsp3) is 0.333. The van der Waals surface area contributed by atoms with E-state index in [1.165, 1.54) is 0 Å². The van der Waals surface area contributed by atoms with Crippen LogP contribution < -0.4 is 10.6 Å². The number of carbonyl (C=O) groups excluding carboxylic acids is 1. The van der Waals surface area contributed by atoms with Gasteiger partial charge in [0.25, 0.3) is 0 Å². The number of nitrogens with zero attached hydrogens (tertiary/aromatic N) is 1. The van der Waals surface area contributed by atoms with Crippen molar-refractivity contribution in [2.24, 2.45) is 0 Å². The second-order valence-corrected chi connectivity index (χ2v) is 3.84. The van der Waals surface area contributed by atoms with Crippen LogP contribution in [0.1, 0.15) is 18.9 Å². The molecule has 0 saturated carbocycles. The van der Waals surface area contributed by atoms with Crippen LogP contribution in [0.15, 0.2) is 18.2 Å². The van der Waals surface area contributed by atoms with Gasteiger partial charge in [-0.3, -0.25) is 4.79 Å². The maximum absolute atomic E-state index is 11.2. The van der Waals surface area contributed by atoms with E-state index in [4.69, 9.17) is 16.9 Å². The molecule has 0 aliphatic heterocycles. The summed E-state index contributed by atoms with van der Waals surface area (Å²) in [5, 5.41) is 14.9. The Morgan fingerprint density at radius 1 is 1.53 bits per heavy atom. The zero-order valence-electron chi connectivity index (χ0n) is 9.59. The van der Waals surface area contributed by atoms with Gasteiger partial charge in [-0.25, -0.2) is 0 Å². The standard InChI is InChI=1S/C12H14ClN3O/c1-2-15-12(17)5-6-16-11-4-3-9(8-14)7-10(11)13/h3-4,7,16H,2,5-6H2,1H3,(H,15,17). The normalized spacial score (nSPS) is 9.47.